The summed E-state index contributed by atoms with van der Waals surface area (Å²) in [4.78, 5) is 26.0. The van der Waals surface area contributed by atoms with Gasteiger partial charge in [-0.25, -0.2) is 4.79 Å². The Hall–Kier alpha value is -2.47. The van der Waals surface area contributed by atoms with Crippen molar-refractivity contribution >= 4 is 28.8 Å². The standard InChI is InChI=1S/C22H30ClN3O3/c1-6-26(7-2)17-10-8-16(9-11-17)18(23)13-14(3)12-15(4)19-20(22(28)29)24-25(5)21(19)27/h8-12,14,18,24H,6-7,13H2,1-5H3,(H,28,29). The number of aromatic nitrogens is 2. The second-order valence-corrected chi connectivity index (χ2v) is 7.85. The minimum atomic E-state index is -1.15. The van der Waals surface area contributed by atoms with Crippen LogP contribution in [0.15, 0.2) is 35.1 Å². The fourth-order valence-electron chi connectivity index (χ4n) is 3.59. The molecular formula is C22H30ClN3O3. The van der Waals surface area contributed by atoms with Crippen molar-refractivity contribution in [3.05, 3.63) is 57.5 Å². The Morgan fingerprint density at radius 1 is 1.28 bits per heavy atom. The molecule has 2 N–H and O–H groups in total. The molecular weight excluding hydrogens is 390 g/mol. The molecule has 0 radical (unpaired) electrons. The highest BCUT2D eigenvalue weighted by Crippen LogP contribution is 2.31. The summed E-state index contributed by atoms with van der Waals surface area (Å²) < 4.78 is 1.18. The molecule has 7 heteroatoms. The summed E-state index contributed by atoms with van der Waals surface area (Å²) in [6.45, 7) is 9.95. The number of benzene rings is 1. The molecule has 0 saturated heterocycles. The predicted octanol–water partition coefficient (Wildman–Crippen LogP) is 4.67. The average Bonchev–Trinajstić information content (AvgIpc) is 2.98. The topological polar surface area (TPSA) is 78.3 Å². The first-order chi connectivity index (χ1) is 13.7. The van der Waals surface area contributed by atoms with E-state index < -0.39 is 5.97 Å². The van der Waals surface area contributed by atoms with Gasteiger partial charge in [-0.2, -0.15) is 0 Å². The van der Waals surface area contributed by atoms with Crippen molar-refractivity contribution < 1.29 is 9.90 Å². The average molecular weight is 420 g/mol. The van der Waals surface area contributed by atoms with E-state index in [1.165, 1.54) is 17.4 Å². The number of aryl methyl sites for hydroxylation is 1. The highest BCUT2D eigenvalue weighted by atomic mass is 35.5. The number of H-pyrrole nitrogens is 1. The quantitative estimate of drug-likeness (QED) is 0.579. The molecule has 2 atom stereocenters. The Balaban J connectivity index is 2.15. The number of rotatable bonds is 9. The Kier molecular flexibility index (Phi) is 7.73. The van der Waals surface area contributed by atoms with Gasteiger partial charge in [-0.3, -0.25) is 14.6 Å². The molecule has 0 amide bonds. The maximum atomic E-state index is 12.3. The molecule has 0 aliphatic heterocycles. The number of carboxylic acids is 1. The number of carbonyl (C=O) groups is 1. The van der Waals surface area contributed by atoms with Gasteiger partial charge >= 0.3 is 5.97 Å². The molecule has 158 valence electrons. The van der Waals surface area contributed by atoms with Crippen LogP contribution in [0.4, 0.5) is 5.69 Å². The maximum Gasteiger partial charge on any atom is 0.354 e. The van der Waals surface area contributed by atoms with Crippen LogP contribution in [0.1, 0.15) is 61.1 Å². The third kappa shape index (κ3) is 5.32. The number of carboxylic acid groups (broad SMARTS) is 1. The number of nitrogens with zero attached hydrogens (tertiary/aromatic N) is 2. The molecule has 0 aliphatic carbocycles. The summed E-state index contributed by atoms with van der Waals surface area (Å²) >= 11 is 6.64. The number of halogens is 1. The zero-order chi connectivity index (χ0) is 21.7. The summed E-state index contributed by atoms with van der Waals surface area (Å²) in [7, 11) is 1.51. The van der Waals surface area contributed by atoms with Crippen LogP contribution in [0.5, 0.6) is 0 Å². The summed E-state index contributed by atoms with van der Waals surface area (Å²) in [5, 5.41) is 11.8. The minimum Gasteiger partial charge on any atom is -0.477 e. The molecule has 0 fully saturated rings. The Bertz CT molecular complexity index is 924. The number of anilines is 1. The third-order valence-corrected chi connectivity index (χ3v) is 5.58. The van der Waals surface area contributed by atoms with Crippen molar-refractivity contribution in [2.75, 3.05) is 18.0 Å². The van der Waals surface area contributed by atoms with Gasteiger partial charge in [0, 0.05) is 25.8 Å². The molecule has 0 bridgehead atoms. The Morgan fingerprint density at radius 2 is 1.86 bits per heavy atom. The number of allylic oxidation sites excluding steroid dienone is 2. The molecule has 2 aromatic rings. The first kappa shape index (κ1) is 22.8. The van der Waals surface area contributed by atoms with E-state index in [9.17, 15) is 14.7 Å². The summed E-state index contributed by atoms with van der Waals surface area (Å²) in [5.41, 5.74) is 2.62. The second-order valence-electron chi connectivity index (χ2n) is 7.33. The molecule has 29 heavy (non-hydrogen) atoms. The first-order valence-corrected chi connectivity index (χ1v) is 10.3. The van der Waals surface area contributed by atoms with Crippen molar-refractivity contribution in [2.45, 2.75) is 39.5 Å². The fraction of sp³-hybridized carbons (Fsp3) is 0.455. The highest BCUT2D eigenvalue weighted by molar-refractivity contribution is 6.20. The van der Waals surface area contributed by atoms with Gasteiger partial charge in [-0.05, 0) is 56.4 Å². The maximum absolute atomic E-state index is 12.3. The van der Waals surface area contributed by atoms with Gasteiger partial charge in [0.2, 0.25) is 0 Å². The molecule has 1 aromatic heterocycles. The molecule has 0 spiro atoms. The van der Waals surface area contributed by atoms with E-state index in [0.29, 0.717) is 12.0 Å². The highest BCUT2D eigenvalue weighted by Gasteiger charge is 2.20. The summed E-state index contributed by atoms with van der Waals surface area (Å²) in [6.07, 6.45) is 2.59. The van der Waals surface area contributed by atoms with Crippen LogP contribution in [0.3, 0.4) is 0 Å². The third-order valence-electron chi connectivity index (χ3n) is 5.15. The van der Waals surface area contributed by atoms with E-state index >= 15 is 0 Å². The molecule has 6 nitrogen and oxygen atoms in total. The van der Waals surface area contributed by atoms with Crippen LogP contribution in [0.25, 0.3) is 5.57 Å². The van der Waals surface area contributed by atoms with E-state index in [4.69, 9.17) is 11.6 Å². The zero-order valence-electron chi connectivity index (χ0n) is 17.7. The fourth-order valence-corrected chi connectivity index (χ4v) is 4.02. The lowest BCUT2D eigenvalue weighted by molar-refractivity contribution is 0.0689. The van der Waals surface area contributed by atoms with Gasteiger partial charge in [0.05, 0.1) is 10.9 Å². The van der Waals surface area contributed by atoms with Crippen LogP contribution in [-0.2, 0) is 7.05 Å². The van der Waals surface area contributed by atoms with Crippen molar-refractivity contribution in [2.24, 2.45) is 13.0 Å². The Labute approximate surface area is 176 Å². The number of aromatic carboxylic acids is 1. The van der Waals surface area contributed by atoms with Gasteiger partial charge in [0.15, 0.2) is 5.69 Å². The van der Waals surface area contributed by atoms with Crippen LogP contribution in [0.2, 0.25) is 0 Å². The molecule has 2 unspecified atom stereocenters. The summed E-state index contributed by atoms with van der Waals surface area (Å²) in [6, 6.07) is 8.29. The Morgan fingerprint density at radius 3 is 2.38 bits per heavy atom. The lowest BCUT2D eigenvalue weighted by Crippen LogP contribution is -2.21. The van der Waals surface area contributed by atoms with Crippen molar-refractivity contribution in [1.82, 2.24) is 9.78 Å². The van der Waals surface area contributed by atoms with E-state index in [2.05, 4.69) is 48.1 Å². The van der Waals surface area contributed by atoms with Crippen molar-refractivity contribution in [3.63, 3.8) is 0 Å². The van der Waals surface area contributed by atoms with Crippen LogP contribution in [0, 0.1) is 5.92 Å². The number of nitrogens with one attached hydrogen (secondary N) is 1. The molecule has 2 rings (SSSR count). The molecule has 1 heterocycles. The molecule has 1 aromatic carbocycles. The summed E-state index contributed by atoms with van der Waals surface area (Å²) in [5.74, 6) is -1.08. The van der Waals surface area contributed by atoms with Crippen molar-refractivity contribution in [1.29, 1.82) is 0 Å². The first-order valence-electron chi connectivity index (χ1n) is 9.89. The van der Waals surface area contributed by atoms with Gasteiger partial charge < -0.3 is 10.0 Å². The lowest BCUT2D eigenvalue weighted by Gasteiger charge is -2.22. The number of aromatic amines is 1. The van der Waals surface area contributed by atoms with Gasteiger partial charge in [0.1, 0.15) is 0 Å². The monoisotopic (exact) mass is 419 g/mol. The van der Waals surface area contributed by atoms with Crippen LogP contribution < -0.4 is 10.5 Å². The SMILES string of the molecule is CCN(CC)c1ccc(C(Cl)CC(C)C=C(C)c2c(C(=O)O)[nH]n(C)c2=O)cc1. The largest absolute Gasteiger partial charge is 0.477 e. The van der Waals surface area contributed by atoms with Crippen LogP contribution >= 0.6 is 11.6 Å². The van der Waals surface area contributed by atoms with Gasteiger partial charge in [-0.15, -0.1) is 11.6 Å². The number of alkyl halides is 1. The molecule has 0 saturated carbocycles. The van der Waals surface area contributed by atoms with E-state index in [-0.39, 0.29) is 28.1 Å². The smallest absolute Gasteiger partial charge is 0.354 e. The number of hydrogen-bond acceptors (Lipinski definition) is 3. The van der Waals surface area contributed by atoms with E-state index in [1.54, 1.807) is 6.92 Å². The number of hydrogen-bond donors (Lipinski definition) is 2. The normalized spacial score (nSPS) is 13.9. The van der Waals surface area contributed by atoms with Gasteiger partial charge in [0.25, 0.3) is 5.56 Å². The lowest BCUT2D eigenvalue weighted by atomic mass is 9.96. The second kappa shape index (κ2) is 9.83. The minimum absolute atomic E-state index is 0.0706. The van der Waals surface area contributed by atoms with E-state index in [1.807, 2.05) is 13.0 Å². The predicted molar refractivity (Wildman–Crippen MR) is 119 cm³/mol. The van der Waals surface area contributed by atoms with Gasteiger partial charge in [-0.1, -0.05) is 25.1 Å². The zero-order valence-corrected chi connectivity index (χ0v) is 18.5. The van der Waals surface area contributed by atoms with Crippen LogP contribution in [-0.4, -0.2) is 33.9 Å². The molecule has 0 aliphatic rings. The van der Waals surface area contributed by atoms with E-state index in [0.717, 1.165) is 18.7 Å². The van der Waals surface area contributed by atoms with Crippen molar-refractivity contribution in [3.8, 4) is 0 Å².